The van der Waals surface area contributed by atoms with Crippen LogP contribution in [0.5, 0.6) is 0 Å². The average molecular weight is 254 g/mol. The Morgan fingerprint density at radius 2 is 1.94 bits per heavy atom. The molecule has 0 spiro atoms. The molecule has 0 radical (unpaired) electrons. The molecule has 0 saturated heterocycles. The van der Waals surface area contributed by atoms with Gasteiger partial charge in [0.1, 0.15) is 5.82 Å². The van der Waals surface area contributed by atoms with E-state index in [1.807, 2.05) is 0 Å². The molecule has 1 aromatic carbocycles. The van der Waals surface area contributed by atoms with Gasteiger partial charge in [0.2, 0.25) is 5.28 Å². The minimum absolute atomic E-state index is 0.285. The second-order valence-electron chi connectivity index (χ2n) is 4.28. The molecule has 2 rings (SSSR count). The van der Waals surface area contributed by atoms with Crippen LogP contribution in [0.15, 0.2) is 24.3 Å². The first-order chi connectivity index (χ1) is 8.06. The molecule has 0 saturated carbocycles. The lowest BCUT2D eigenvalue weighted by molar-refractivity contribution is 0.617. The van der Waals surface area contributed by atoms with Crippen LogP contribution in [0.4, 0.5) is 4.39 Å². The van der Waals surface area contributed by atoms with Crippen molar-refractivity contribution in [2.75, 3.05) is 0 Å². The van der Waals surface area contributed by atoms with Gasteiger partial charge in [-0.25, -0.2) is 14.1 Å². The van der Waals surface area contributed by atoms with Crippen molar-refractivity contribution in [1.29, 1.82) is 0 Å². The Morgan fingerprint density at radius 3 is 2.53 bits per heavy atom. The van der Waals surface area contributed by atoms with Crippen LogP contribution in [-0.2, 0) is 6.42 Å². The zero-order valence-electron chi connectivity index (χ0n) is 9.69. The third kappa shape index (κ3) is 2.82. The molecule has 2 aromatic rings. The van der Waals surface area contributed by atoms with Gasteiger partial charge < -0.3 is 0 Å². The largest absolute Gasteiger partial charge is 0.225 e. The third-order valence-electron chi connectivity index (χ3n) is 2.27. The topological polar surface area (TPSA) is 30.7 Å². The fourth-order valence-corrected chi connectivity index (χ4v) is 1.76. The Balaban J connectivity index is 2.32. The summed E-state index contributed by atoms with van der Waals surface area (Å²) >= 11 is 6.00. The zero-order valence-corrected chi connectivity index (χ0v) is 10.4. The van der Waals surface area contributed by atoms with Crippen LogP contribution < -0.4 is 0 Å². The monoisotopic (exact) mass is 253 g/mol. The fourth-order valence-electron chi connectivity index (χ4n) is 1.53. The minimum atomic E-state index is -0.285. The number of hydrogen-bond donors (Lipinski definition) is 0. The van der Waals surface area contributed by atoms with E-state index in [0.717, 1.165) is 6.42 Å². The van der Waals surface area contributed by atoms with E-state index in [1.54, 1.807) is 12.1 Å². The van der Waals surface area contributed by atoms with Crippen LogP contribution in [0.2, 0.25) is 5.28 Å². The molecular weight excluding hydrogens is 241 g/mol. The van der Waals surface area contributed by atoms with E-state index in [-0.39, 0.29) is 5.82 Å². The summed E-state index contributed by atoms with van der Waals surface area (Å²) in [6.07, 6.45) is 0.772. The Hall–Kier alpha value is -1.42. The second kappa shape index (κ2) is 4.84. The number of rotatable bonds is 3. The summed E-state index contributed by atoms with van der Waals surface area (Å²) in [5, 5.41) is 4.60. The van der Waals surface area contributed by atoms with Gasteiger partial charge in [-0.05, 0) is 41.8 Å². The molecule has 5 heteroatoms. The predicted molar refractivity (Wildman–Crippen MR) is 64.9 cm³/mol. The molecule has 0 bridgehead atoms. The third-order valence-corrected chi connectivity index (χ3v) is 2.52. The van der Waals surface area contributed by atoms with Crippen molar-refractivity contribution in [1.82, 2.24) is 14.8 Å². The standard InChI is InChI=1S/C12H13ClFN3/c1-8(2)7-11-15-12(13)17(16-11)10-5-3-9(14)4-6-10/h3-6,8H,7H2,1-2H3. The Morgan fingerprint density at radius 1 is 1.29 bits per heavy atom. The molecule has 1 aromatic heterocycles. The number of aromatic nitrogens is 3. The first-order valence-corrected chi connectivity index (χ1v) is 5.81. The van der Waals surface area contributed by atoms with Gasteiger partial charge in [-0.2, -0.15) is 0 Å². The summed E-state index contributed by atoms with van der Waals surface area (Å²) in [5.74, 6) is 0.886. The first-order valence-electron chi connectivity index (χ1n) is 5.43. The highest BCUT2D eigenvalue weighted by atomic mass is 35.5. The van der Waals surface area contributed by atoms with E-state index in [4.69, 9.17) is 11.6 Å². The average Bonchev–Trinajstić information content (AvgIpc) is 2.59. The molecule has 1 heterocycles. The van der Waals surface area contributed by atoms with Gasteiger partial charge in [0.15, 0.2) is 5.82 Å². The number of hydrogen-bond acceptors (Lipinski definition) is 2. The highest BCUT2D eigenvalue weighted by Crippen LogP contribution is 2.16. The van der Waals surface area contributed by atoms with E-state index in [0.29, 0.717) is 22.7 Å². The van der Waals surface area contributed by atoms with Gasteiger partial charge >= 0.3 is 0 Å². The van der Waals surface area contributed by atoms with Crippen LogP contribution in [0.3, 0.4) is 0 Å². The molecule has 0 aliphatic heterocycles. The van der Waals surface area contributed by atoms with E-state index >= 15 is 0 Å². The van der Waals surface area contributed by atoms with Gasteiger partial charge in [0.25, 0.3) is 0 Å². The lowest BCUT2D eigenvalue weighted by Gasteiger charge is -2.01. The highest BCUT2D eigenvalue weighted by Gasteiger charge is 2.10. The number of halogens is 2. The molecule has 0 aliphatic carbocycles. The van der Waals surface area contributed by atoms with E-state index in [1.165, 1.54) is 16.8 Å². The molecule has 0 aliphatic rings. The summed E-state index contributed by atoms with van der Waals surface area (Å²) in [6.45, 7) is 4.18. The lowest BCUT2D eigenvalue weighted by Crippen LogP contribution is -2.00. The first kappa shape index (κ1) is 12.0. The molecule has 17 heavy (non-hydrogen) atoms. The van der Waals surface area contributed by atoms with Crippen LogP contribution in [-0.4, -0.2) is 14.8 Å². The summed E-state index contributed by atoms with van der Waals surface area (Å²) < 4.78 is 14.3. The summed E-state index contributed by atoms with van der Waals surface area (Å²) in [4.78, 5) is 4.17. The van der Waals surface area contributed by atoms with Crippen molar-refractivity contribution in [2.24, 2.45) is 5.92 Å². The maximum atomic E-state index is 12.8. The zero-order chi connectivity index (χ0) is 12.4. The normalized spacial score (nSPS) is 11.1. The van der Waals surface area contributed by atoms with Crippen LogP contribution >= 0.6 is 11.6 Å². The summed E-state index contributed by atoms with van der Waals surface area (Å²) in [5.41, 5.74) is 0.707. The van der Waals surface area contributed by atoms with Crippen molar-refractivity contribution in [3.05, 3.63) is 41.2 Å². The fraction of sp³-hybridized carbons (Fsp3) is 0.333. The Kier molecular flexibility index (Phi) is 3.43. The predicted octanol–water partition coefficient (Wildman–Crippen LogP) is 3.26. The summed E-state index contributed by atoms with van der Waals surface area (Å²) in [6, 6.07) is 5.98. The van der Waals surface area contributed by atoms with Gasteiger partial charge in [-0.15, -0.1) is 5.10 Å². The molecule has 0 amide bonds. The number of benzene rings is 1. The van der Waals surface area contributed by atoms with Gasteiger partial charge in [-0.3, -0.25) is 0 Å². The van der Waals surface area contributed by atoms with Crippen molar-refractivity contribution < 1.29 is 4.39 Å². The maximum absolute atomic E-state index is 12.8. The molecule has 3 nitrogen and oxygen atoms in total. The highest BCUT2D eigenvalue weighted by molar-refractivity contribution is 6.28. The van der Waals surface area contributed by atoms with E-state index in [9.17, 15) is 4.39 Å². The van der Waals surface area contributed by atoms with Crippen molar-refractivity contribution in [2.45, 2.75) is 20.3 Å². The summed E-state index contributed by atoms with van der Waals surface area (Å²) in [7, 11) is 0. The SMILES string of the molecule is CC(C)Cc1nc(Cl)n(-c2ccc(F)cc2)n1. The smallest absolute Gasteiger partial charge is 0.207 e. The second-order valence-corrected chi connectivity index (χ2v) is 4.62. The molecular formula is C12H13ClFN3. The van der Waals surface area contributed by atoms with Gasteiger partial charge in [-0.1, -0.05) is 13.8 Å². The van der Waals surface area contributed by atoms with Gasteiger partial charge in [0, 0.05) is 6.42 Å². The Labute approximate surface area is 104 Å². The van der Waals surface area contributed by atoms with E-state index < -0.39 is 0 Å². The lowest BCUT2D eigenvalue weighted by atomic mass is 10.1. The maximum Gasteiger partial charge on any atom is 0.225 e. The quantitative estimate of drug-likeness (QED) is 0.841. The van der Waals surface area contributed by atoms with Crippen LogP contribution in [0, 0.1) is 11.7 Å². The van der Waals surface area contributed by atoms with E-state index in [2.05, 4.69) is 23.9 Å². The van der Waals surface area contributed by atoms with Gasteiger partial charge in [0.05, 0.1) is 5.69 Å². The minimum Gasteiger partial charge on any atom is -0.207 e. The van der Waals surface area contributed by atoms with Crippen LogP contribution in [0.1, 0.15) is 19.7 Å². The van der Waals surface area contributed by atoms with Crippen molar-refractivity contribution in [3.63, 3.8) is 0 Å². The number of nitrogens with zero attached hydrogens (tertiary/aromatic N) is 3. The van der Waals surface area contributed by atoms with Crippen molar-refractivity contribution >= 4 is 11.6 Å². The molecule has 0 fully saturated rings. The van der Waals surface area contributed by atoms with Crippen LogP contribution in [0.25, 0.3) is 5.69 Å². The molecule has 0 N–H and O–H groups in total. The molecule has 0 atom stereocenters. The molecule has 0 unspecified atom stereocenters. The van der Waals surface area contributed by atoms with Crippen molar-refractivity contribution in [3.8, 4) is 5.69 Å². The Bertz CT molecular complexity index is 505. The molecule has 90 valence electrons.